The van der Waals surface area contributed by atoms with E-state index in [1.165, 1.54) is 5.56 Å². The molecule has 1 aliphatic heterocycles. The molecule has 23 heavy (non-hydrogen) atoms. The summed E-state index contributed by atoms with van der Waals surface area (Å²) in [5.41, 5.74) is 10.1. The maximum Gasteiger partial charge on any atom is 0.121 e. The molecule has 1 aromatic carbocycles. The van der Waals surface area contributed by atoms with Gasteiger partial charge in [-0.05, 0) is 42.2 Å². The molecule has 1 aliphatic rings. The second-order valence-corrected chi connectivity index (χ2v) is 6.28. The molecule has 0 amide bonds. The van der Waals surface area contributed by atoms with Crippen molar-refractivity contribution in [2.45, 2.75) is 32.2 Å². The van der Waals surface area contributed by atoms with E-state index in [2.05, 4.69) is 54.2 Å². The minimum atomic E-state index is -0.424. The Kier molecular flexibility index (Phi) is 4.44. The highest BCUT2D eigenvalue weighted by Crippen LogP contribution is 2.31. The van der Waals surface area contributed by atoms with Crippen LogP contribution in [0.2, 0.25) is 0 Å². The minimum absolute atomic E-state index is 0.415. The van der Waals surface area contributed by atoms with Crippen LogP contribution in [0.4, 0.5) is 0 Å². The molecule has 1 atom stereocenters. The van der Waals surface area contributed by atoms with Gasteiger partial charge in [0.05, 0.1) is 6.61 Å². The van der Waals surface area contributed by atoms with Crippen molar-refractivity contribution >= 4 is 5.84 Å². The fraction of sp³-hybridized carbons (Fsp3) is 0.368. The number of amidine groups is 1. The molecule has 0 radical (unpaired) electrons. The molecule has 0 fully saturated rings. The monoisotopic (exact) mass is 309 g/mol. The van der Waals surface area contributed by atoms with Crippen molar-refractivity contribution in [2.24, 2.45) is 10.7 Å². The molecule has 4 nitrogen and oxygen atoms in total. The van der Waals surface area contributed by atoms with Gasteiger partial charge >= 0.3 is 0 Å². The molecule has 1 unspecified atom stereocenters. The van der Waals surface area contributed by atoms with E-state index in [1.54, 1.807) is 0 Å². The summed E-state index contributed by atoms with van der Waals surface area (Å²) in [6.45, 7) is 5.20. The van der Waals surface area contributed by atoms with Gasteiger partial charge in [0.25, 0.3) is 0 Å². The fourth-order valence-electron chi connectivity index (χ4n) is 2.99. The number of nitrogens with two attached hydrogens (primary N) is 1. The number of hydrogen-bond donors (Lipinski definition) is 1. The molecule has 4 heteroatoms. The quantitative estimate of drug-likeness (QED) is 0.942. The number of aromatic nitrogens is 1. The van der Waals surface area contributed by atoms with Crippen LogP contribution in [0.5, 0.6) is 0 Å². The number of hydrogen-bond acceptors (Lipinski definition) is 4. The molecule has 2 aromatic rings. The topological polar surface area (TPSA) is 60.5 Å². The molecule has 2 N–H and O–H groups in total. The Labute approximate surface area is 137 Å². The van der Waals surface area contributed by atoms with Crippen LogP contribution in [0.3, 0.4) is 0 Å². The van der Waals surface area contributed by atoms with Gasteiger partial charge in [0.2, 0.25) is 0 Å². The van der Waals surface area contributed by atoms with Crippen molar-refractivity contribution in [3.05, 3.63) is 53.9 Å². The zero-order valence-electron chi connectivity index (χ0n) is 13.7. The van der Waals surface area contributed by atoms with Crippen molar-refractivity contribution in [1.82, 2.24) is 4.98 Å². The Bertz CT molecular complexity index is 726. The van der Waals surface area contributed by atoms with E-state index in [0.717, 1.165) is 29.5 Å². The van der Waals surface area contributed by atoms with E-state index in [4.69, 9.17) is 10.5 Å². The van der Waals surface area contributed by atoms with Gasteiger partial charge in [0, 0.05) is 18.0 Å². The summed E-state index contributed by atoms with van der Waals surface area (Å²) in [5, 5.41) is 0. The number of nitrogens with zero attached hydrogens (tertiary/aromatic N) is 2. The summed E-state index contributed by atoms with van der Waals surface area (Å²) < 4.78 is 5.58. The second kappa shape index (κ2) is 6.50. The number of aryl methyl sites for hydroxylation is 1. The molecule has 0 spiro atoms. The molecule has 0 bridgehead atoms. The molecule has 2 heterocycles. The van der Waals surface area contributed by atoms with E-state index < -0.39 is 5.54 Å². The summed E-state index contributed by atoms with van der Waals surface area (Å²) in [5.74, 6) is 0.552. The third kappa shape index (κ3) is 3.42. The maximum atomic E-state index is 5.87. The van der Waals surface area contributed by atoms with Gasteiger partial charge in [0.1, 0.15) is 18.0 Å². The Balaban J connectivity index is 1.97. The zero-order valence-corrected chi connectivity index (χ0v) is 13.7. The summed E-state index contributed by atoms with van der Waals surface area (Å²) >= 11 is 0. The van der Waals surface area contributed by atoms with Crippen LogP contribution in [0.1, 0.15) is 31.4 Å². The van der Waals surface area contributed by atoms with Crippen LogP contribution in [-0.4, -0.2) is 24.0 Å². The Morgan fingerprint density at radius 3 is 2.87 bits per heavy atom. The first kappa shape index (κ1) is 15.7. The number of benzene rings is 1. The maximum absolute atomic E-state index is 5.87. The van der Waals surface area contributed by atoms with Gasteiger partial charge in [-0.25, -0.2) is 0 Å². The lowest BCUT2D eigenvalue weighted by Crippen LogP contribution is -2.37. The average molecular weight is 309 g/mol. The Morgan fingerprint density at radius 2 is 2.09 bits per heavy atom. The highest BCUT2D eigenvalue weighted by molar-refractivity contribution is 5.82. The van der Waals surface area contributed by atoms with E-state index >= 15 is 0 Å². The third-order valence-electron chi connectivity index (χ3n) is 4.17. The highest BCUT2D eigenvalue weighted by Gasteiger charge is 2.30. The largest absolute Gasteiger partial charge is 0.386 e. The van der Waals surface area contributed by atoms with E-state index in [1.807, 2.05) is 12.4 Å². The Hall–Kier alpha value is -2.20. The van der Waals surface area contributed by atoms with Crippen LogP contribution in [0.15, 0.2) is 47.7 Å². The molecule has 0 saturated heterocycles. The van der Waals surface area contributed by atoms with Crippen LogP contribution in [-0.2, 0) is 16.7 Å². The lowest BCUT2D eigenvalue weighted by Gasteiger charge is -2.30. The predicted molar refractivity (Wildman–Crippen MR) is 93.5 cm³/mol. The van der Waals surface area contributed by atoms with Crippen molar-refractivity contribution < 1.29 is 4.74 Å². The van der Waals surface area contributed by atoms with E-state index in [-0.39, 0.29) is 0 Å². The smallest absolute Gasteiger partial charge is 0.121 e. The van der Waals surface area contributed by atoms with Gasteiger partial charge in [-0.1, -0.05) is 31.5 Å². The molecule has 0 saturated carbocycles. The van der Waals surface area contributed by atoms with Gasteiger partial charge in [-0.2, -0.15) is 0 Å². The molecule has 0 aliphatic carbocycles. The normalized spacial score (nSPS) is 21.0. The zero-order chi connectivity index (χ0) is 16.3. The molecule has 1 aromatic heterocycles. The van der Waals surface area contributed by atoms with Crippen LogP contribution < -0.4 is 5.73 Å². The third-order valence-corrected chi connectivity index (χ3v) is 4.17. The first-order valence-corrected chi connectivity index (χ1v) is 8.07. The molecular weight excluding hydrogens is 286 g/mol. The van der Waals surface area contributed by atoms with Crippen LogP contribution in [0, 0.1) is 0 Å². The fourth-order valence-corrected chi connectivity index (χ4v) is 2.99. The van der Waals surface area contributed by atoms with Gasteiger partial charge < -0.3 is 10.5 Å². The van der Waals surface area contributed by atoms with Gasteiger partial charge in [-0.15, -0.1) is 0 Å². The van der Waals surface area contributed by atoms with Gasteiger partial charge in [0.15, 0.2) is 0 Å². The lowest BCUT2D eigenvalue weighted by molar-refractivity contribution is 0.106. The number of ether oxygens (including phenoxy) is 1. The lowest BCUT2D eigenvalue weighted by atomic mass is 9.90. The van der Waals surface area contributed by atoms with E-state index in [9.17, 15) is 0 Å². The first-order valence-electron chi connectivity index (χ1n) is 8.07. The number of aliphatic imine (C=N–C) groups is 1. The standard InChI is InChI=1S/C19H23N3O/c1-3-5-14-8-16(11-21-10-14)15-6-4-7-17(9-15)19(2)13-23-12-18(20)22-19/h4,6-11H,3,5,12-13H2,1-2H3,(H2,20,22). The van der Waals surface area contributed by atoms with Crippen molar-refractivity contribution in [2.75, 3.05) is 13.2 Å². The van der Waals surface area contributed by atoms with Crippen LogP contribution >= 0.6 is 0 Å². The highest BCUT2D eigenvalue weighted by atomic mass is 16.5. The predicted octanol–water partition coefficient (Wildman–Crippen LogP) is 3.30. The van der Waals surface area contributed by atoms with Gasteiger partial charge in [-0.3, -0.25) is 9.98 Å². The summed E-state index contributed by atoms with van der Waals surface area (Å²) in [6.07, 6.45) is 6.02. The molecule has 120 valence electrons. The van der Waals surface area contributed by atoms with Crippen molar-refractivity contribution in [3.8, 4) is 11.1 Å². The minimum Gasteiger partial charge on any atom is -0.386 e. The molecular formula is C19H23N3O. The Morgan fingerprint density at radius 1 is 1.22 bits per heavy atom. The van der Waals surface area contributed by atoms with E-state index in [0.29, 0.717) is 19.0 Å². The number of rotatable bonds is 4. The van der Waals surface area contributed by atoms with Crippen molar-refractivity contribution in [1.29, 1.82) is 0 Å². The summed E-state index contributed by atoms with van der Waals surface area (Å²) in [4.78, 5) is 9.00. The summed E-state index contributed by atoms with van der Waals surface area (Å²) in [7, 11) is 0. The average Bonchev–Trinajstić information content (AvgIpc) is 2.55. The molecule has 3 rings (SSSR count). The second-order valence-electron chi connectivity index (χ2n) is 6.28. The number of pyridine rings is 1. The first-order chi connectivity index (χ1) is 11.1. The SMILES string of the molecule is CCCc1cncc(-c2cccc(C3(C)COCC(N)=N3)c2)c1. The van der Waals surface area contributed by atoms with Crippen molar-refractivity contribution in [3.63, 3.8) is 0 Å². The van der Waals surface area contributed by atoms with Crippen LogP contribution in [0.25, 0.3) is 11.1 Å². The summed E-state index contributed by atoms with van der Waals surface area (Å²) in [6, 6.07) is 10.6.